The van der Waals surface area contributed by atoms with Gasteiger partial charge in [0.05, 0.1) is 23.8 Å². The van der Waals surface area contributed by atoms with Crippen molar-refractivity contribution < 1.29 is 9.13 Å². The number of methoxy groups -OCH3 is 1. The van der Waals surface area contributed by atoms with Crippen LogP contribution in [-0.2, 0) is 0 Å². The van der Waals surface area contributed by atoms with Gasteiger partial charge in [-0.2, -0.15) is 0 Å². The van der Waals surface area contributed by atoms with Crippen LogP contribution in [0.5, 0.6) is 5.75 Å². The number of nitrogens with one attached hydrogen (secondary N) is 1. The highest BCUT2D eigenvalue weighted by atomic mass is 32.1. The Morgan fingerprint density at radius 2 is 2.05 bits per heavy atom. The number of para-hydroxylation sites is 1. The smallest absolute Gasteiger partial charge is 0.182 e. The van der Waals surface area contributed by atoms with Crippen molar-refractivity contribution in [1.82, 2.24) is 9.55 Å². The zero-order valence-corrected chi connectivity index (χ0v) is 11.9. The Hall–Kier alpha value is -2.14. The minimum absolute atomic E-state index is 0.343. The fraction of sp³-hybridized carbons (Fsp3) is 0.133. The number of fused-ring (bicyclic) bond motifs is 1. The summed E-state index contributed by atoms with van der Waals surface area (Å²) in [5.74, 6) is 0.245. The summed E-state index contributed by atoms with van der Waals surface area (Å²) in [6, 6.07) is 10.4. The van der Waals surface area contributed by atoms with Crippen LogP contribution in [0.15, 0.2) is 36.4 Å². The monoisotopic (exact) mass is 288 g/mol. The average molecular weight is 288 g/mol. The fourth-order valence-corrected chi connectivity index (χ4v) is 2.60. The van der Waals surface area contributed by atoms with Crippen LogP contribution < -0.4 is 4.74 Å². The maximum absolute atomic E-state index is 14.1. The molecule has 0 bridgehead atoms. The molecule has 0 spiro atoms. The third-order valence-corrected chi connectivity index (χ3v) is 3.61. The number of hydrogen-bond acceptors (Lipinski definition) is 2. The van der Waals surface area contributed by atoms with Crippen molar-refractivity contribution in [3.8, 4) is 11.4 Å². The lowest BCUT2D eigenvalue weighted by atomic mass is 10.2. The average Bonchev–Trinajstić information content (AvgIpc) is 2.77. The molecule has 0 atom stereocenters. The molecule has 0 aliphatic carbocycles. The number of imidazole rings is 1. The van der Waals surface area contributed by atoms with Gasteiger partial charge in [-0.15, -0.1) is 0 Å². The van der Waals surface area contributed by atoms with Crippen LogP contribution in [0, 0.1) is 17.5 Å². The van der Waals surface area contributed by atoms with Crippen LogP contribution >= 0.6 is 12.2 Å². The lowest BCUT2D eigenvalue weighted by Gasteiger charge is -2.08. The van der Waals surface area contributed by atoms with Crippen LogP contribution in [0.3, 0.4) is 0 Å². The molecule has 102 valence electrons. The minimum atomic E-state index is -0.343. The molecule has 1 heterocycles. The van der Waals surface area contributed by atoms with Crippen molar-refractivity contribution in [3.63, 3.8) is 0 Å². The zero-order valence-electron chi connectivity index (χ0n) is 11.1. The first-order chi connectivity index (χ1) is 9.61. The molecule has 5 heteroatoms. The number of rotatable bonds is 2. The molecule has 0 fully saturated rings. The first kappa shape index (κ1) is 12.9. The first-order valence-electron chi connectivity index (χ1n) is 6.16. The van der Waals surface area contributed by atoms with Crippen molar-refractivity contribution in [2.75, 3.05) is 7.11 Å². The summed E-state index contributed by atoms with van der Waals surface area (Å²) in [6.45, 7) is 1.99. The molecule has 3 nitrogen and oxygen atoms in total. The van der Waals surface area contributed by atoms with Gasteiger partial charge >= 0.3 is 0 Å². The van der Waals surface area contributed by atoms with Gasteiger partial charge in [0.2, 0.25) is 0 Å². The van der Waals surface area contributed by atoms with E-state index in [1.165, 1.54) is 6.07 Å². The molecule has 0 aliphatic heterocycles. The number of nitrogens with zero attached hydrogens (tertiary/aromatic N) is 1. The normalized spacial score (nSPS) is 10.9. The van der Waals surface area contributed by atoms with Gasteiger partial charge < -0.3 is 9.72 Å². The number of ether oxygens (including phenoxy) is 1. The third-order valence-electron chi connectivity index (χ3n) is 3.32. The summed E-state index contributed by atoms with van der Waals surface area (Å²) >= 11 is 5.33. The van der Waals surface area contributed by atoms with Crippen LogP contribution in [-0.4, -0.2) is 16.7 Å². The molecule has 3 aromatic rings. The molecule has 0 saturated heterocycles. The predicted octanol–water partition coefficient (Wildman–Crippen LogP) is 4.14. The molecule has 2 aromatic carbocycles. The van der Waals surface area contributed by atoms with E-state index in [-0.39, 0.29) is 5.82 Å². The number of aromatic nitrogens is 2. The SMILES string of the molecule is COc1ccc(F)c(-n2c(=S)[nH]c3c(C)cccc32)c1. The van der Waals surface area contributed by atoms with E-state index in [4.69, 9.17) is 17.0 Å². The van der Waals surface area contributed by atoms with Crippen LogP contribution in [0.2, 0.25) is 0 Å². The lowest BCUT2D eigenvalue weighted by molar-refractivity contribution is 0.413. The number of aromatic amines is 1. The Morgan fingerprint density at radius 3 is 2.80 bits per heavy atom. The minimum Gasteiger partial charge on any atom is -0.497 e. The Bertz CT molecular complexity index is 851. The number of halogens is 1. The van der Waals surface area contributed by atoms with Gasteiger partial charge in [0.25, 0.3) is 0 Å². The van der Waals surface area contributed by atoms with Gasteiger partial charge in [0, 0.05) is 6.07 Å². The number of hydrogen-bond donors (Lipinski definition) is 1. The maximum Gasteiger partial charge on any atom is 0.182 e. The summed E-state index contributed by atoms with van der Waals surface area (Å²) in [5.41, 5.74) is 3.21. The molecular weight excluding hydrogens is 275 g/mol. The van der Waals surface area contributed by atoms with Gasteiger partial charge in [-0.25, -0.2) is 4.39 Å². The Balaban J connectivity index is 2.38. The summed E-state index contributed by atoms with van der Waals surface area (Å²) in [6.07, 6.45) is 0. The van der Waals surface area contributed by atoms with Gasteiger partial charge in [0.1, 0.15) is 11.6 Å². The van der Waals surface area contributed by atoms with Crippen LogP contribution in [0.4, 0.5) is 4.39 Å². The van der Waals surface area contributed by atoms with Crippen molar-refractivity contribution in [2.24, 2.45) is 0 Å². The van der Waals surface area contributed by atoms with Crippen molar-refractivity contribution in [3.05, 3.63) is 52.5 Å². The van der Waals surface area contributed by atoms with Gasteiger partial charge in [-0.3, -0.25) is 4.57 Å². The van der Waals surface area contributed by atoms with Crippen molar-refractivity contribution in [2.45, 2.75) is 6.92 Å². The van der Waals surface area contributed by atoms with Crippen molar-refractivity contribution >= 4 is 23.3 Å². The van der Waals surface area contributed by atoms with Crippen LogP contribution in [0.1, 0.15) is 5.56 Å². The third kappa shape index (κ3) is 1.91. The van der Waals surface area contributed by atoms with Gasteiger partial charge in [-0.1, -0.05) is 12.1 Å². The number of H-pyrrole nitrogens is 1. The molecular formula is C15H13FN2OS. The quantitative estimate of drug-likeness (QED) is 0.718. The summed E-state index contributed by atoms with van der Waals surface area (Å²) in [7, 11) is 1.55. The molecule has 1 N–H and O–H groups in total. The molecule has 3 rings (SSSR count). The second-order valence-electron chi connectivity index (χ2n) is 4.55. The van der Waals surface area contributed by atoms with E-state index in [1.807, 2.05) is 25.1 Å². The highest BCUT2D eigenvalue weighted by molar-refractivity contribution is 7.71. The second kappa shape index (κ2) is 4.76. The van der Waals surface area contributed by atoms with E-state index in [1.54, 1.807) is 23.8 Å². The first-order valence-corrected chi connectivity index (χ1v) is 6.57. The molecule has 0 unspecified atom stereocenters. The van der Waals surface area contributed by atoms with E-state index in [9.17, 15) is 4.39 Å². The summed E-state index contributed by atoms with van der Waals surface area (Å²) in [5, 5.41) is 0. The lowest BCUT2D eigenvalue weighted by Crippen LogP contribution is -1.98. The Labute approximate surface area is 120 Å². The Morgan fingerprint density at radius 1 is 1.25 bits per heavy atom. The van der Waals surface area contributed by atoms with Gasteiger partial charge in [0.15, 0.2) is 4.77 Å². The standard InChI is InChI=1S/C15H13FN2OS/c1-9-4-3-5-12-14(9)17-15(20)18(12)13-8-10(19-2)6-7-11(13)16/h3-8H,1-2H3,(H,17,20). The summed E-state index contributed by atoms with van der Waals surface area (Å²) in [4.78, 5) is 3.13. The fourth-order valence-electron chi connectivity index (χ4n) is 2.30. The van der Waals surface area contributed by atoms with E-state index < -0.39 is 0 Å². The second-order valence-corrected chi connectivity index (χ2v) is 4.94. The molecule has 0 radical (unpaired) electrons. The molecule has 1 aromatic heterocycles. The molecule has 20 heavy (non-hydrogen) atoms. The zero-order chi connectivity index (χ0) is 14.3. The highest BCUT2D eigenvalue weighted by Gasteiger charge is 2.12. The topological polar surface area (TPSA) is 29.9 Å². The van der Waals surface area contributed by atoms with E-state index in [0.29, 0.717) is 16.2 Å². The largest absolute Gasteiger partial charge is 0.497 e. The van der Waals surface area contributed by atoms with E-state index >= 15 is 0 Å². The summed E-state index contributed by atoms with van der Waals surface area (Å²) < 4.78 is 21.5. The van der Waals surface area contributed by atoms with Crippen LogP contribution in [0.25, 0.3) is 16.7 Å². The molecule has 0 amide bonds. The molecule has 0 aliphatic rings. The predicted molar refractivity (Wildman–Crippen MR) is 79.7 cm³/mol. The van der Waals surface area contributed by atoms with E-state index in [0.717, 1.165) is 16.6 Å². The van der Waals surface area contributed by atoms with E-state index in [2.05, 4.69) is 4.98 Å². The molecule has 0 saturated carbocycles. The number of aryl methyl sites for hydroxylation is 1. The van der Waals surface area contributed by atoms with Gasteiger partial charge in [-0.05, 0) is 42.9 Å². The highest BCUT2D eigenvalue weighted by Crippen LogP contribution is 2.26. The van der Waals surface area contributed by atoms with Crippen molar-refractivity contribution in [1.29, 1.82) is 0 Å². The number of benzene rings is 2. The maximum atomic E-state index is 14.1. The Kier molecular flexibility index (Phi) is 3.06.